The number of nitro groups is 1. The highest BCUT2D eigenvalue weighted by Crippen LogP contribution is 2.22. The molecule has 25 heavy (non-hydrogen) atoms. The summed E-state index contributed by atoms with van der Waals surface area (Å²) in [5, 5.41) is 15.4. The van der Waals surface area contributed by atoms with Crippen molar-refractivity contribution in [1.29, 1.82) is 0 Å². The average molecular weight is 349 g/mol. The van der Waals surface area contributed by atoms with Gasteiger partial charge in [-0.3, -0.25) is 19.7 Å². The largest absolute Gasteiger partial charge is 0.343 e. The Kier molecular flexibility index (Phi) is 5.38. The summed E-state index contributed by atoms with van der Waals surface area (Å²) in [4.78, 5) is 33.9. The lowest BCUT2D eigenvalue weighted by Crippen LogP contribution is -2.33. The molecule has 0 aliphatic heterocycles. The SMILES string of the molecule is Cc1ccc(NC(=O)CNC(=O)c2ccc(F)cc2F)cc1[N+](=O)[O-]. The van der Waals surface area contributed by atoms with Gasteiger partial charge in [0, 0.05) is 23.4 Å². The van der Waals surface area contributed by atoms with Crippen LogP contribution in [0.2, 0.25) is 0 Å². The fourth-order valence-electron chi connectivity index (χ4n) is 2.02. The Labute approximate surface area is 140 Å². The highest BCUT2D eigenvalue weighted by atomic mass is 19.1. The number of amides is 2. The van der Waals surface area contributed by atoms with Gasteiger partial charge in [-0.1, -0.05) is 6.07 Å². The Morgan fingerprint density at radius 2 is 1.88 bits per heavy atom. The normalized spacial score (nSPS) is 10.2. The summed E-state index contributed by atoms with van der Waals surface area (Å²) in [7, 11) is 0. The van der Waals surface area contributed by atoms with Gasteiger partial charge in [0.25, 0.3) is 11.6 Å². The van der Waals surface area contributed by atoms with Crippen molar-refractivity contribution in [3.05, 3.63) is 69.3 Å². The Balaban J connectivity index is 1.98. The number of aryl methyl sites for hydroxylation is 1. The lowest BCUT2D eigenvalue weighted by Gasteiger charge is -2.08. The van der Waals surface area contributed by atoms with Crippen LogP contribution in [-0.2, 0) is 4.79 Å². The number of nitrogens with zero attached hydrogens (tertiary/aromatic N) is 1. The summed E-state index contributed by atoms with van der Waals surface area (Å²) >= 11 is 0. The molecule has 0 heterocycles. The molecule has 2 amide bonds. The van der Waals surface area contributed by atoms with Gasteiger partial charge in [-0.05, 0) is 25.1 Å². The molecule has 0 aliphatic rings. The summed E-state index contributed by atoms with van der Waals surface area (Å²) in [5.74, 6) is -3.42. The lowest BCUT2D eigenvalue weighted by molar-refractivity contribution is -0.385. The molecule has 0 aromatic heterocycles. The van der Waals surface area contributed by atoms with Crippen LogP contribution < -0.4 is 10.6 Å². The molecule has 0 unspecified atom stereocenters. The average Bonchev–Trinajstić information content (AvgIpc) is 2.54. The maximum absolute atomic E-state index is 13.5. The van der Waals surface area contributed by atoms with Gasteiger partial charge in [-0.25, -0.2) is 8.78 Å². The van der Waals surface area contributed by atoms with Gasteiger partial charge < -0.3 is 10.6 Å². The zero-order valence-corrected chi connectivity index (χ0v) is 13.0. The van der Waals surface area contributed by atoms with Crippen molar-refractivity contribution in [2.45, 2.75) is 6.92 Å². The molecular weight excluding hydrogens is 336 g/mol. The summed E-state index contributed by atoms with van der Waals surface area (Å²) in [5.41, 5.74) is 0.0583. The van der Waals surface area contributed by atoms with Crippen LogP contribution in [0.4, 0.5) is 20.2 Å². The molecule has 2 aromatic rings. The van der Waals surface area contributed by atoms with Crippen molar-refractivity contribution in [3.63, 3.8) is 0 Å². The second-order valence-electron chi connectivity index (χ2n) is 5.11. The van der Waals surface area contributed by atoms with E-state index in [0.29, 0.717) is 11.6 Å². The minimum Gasteiger partial charge on any atom is -0.343 e. The molecule has 2 rings (SSSR count). The standard InChI is InChI=1S/C16H13F2N3O4/c1-9-2-4-11(7-14(9)21(24)25)20-15(22)8-19-16(23)12-5-3-10(17)6-13(12)18/h2-7H,8H2,1H3,(H,19,23)(H,20,22). The monoisotopic (exact) mass is 349 g/mol. The number of hydrogen-bond acceptors (Lipinski definition) is 4. The van der Waals surface area contributed by atoms with Crippen LogP contribution in [0.3, 0.4) is 0 Å². The highest BCUT2D eigenvalue weighted by Gasteiger charge is 2.15. The van der Waals surface area contributed by atoms with Crippen LogP contribution >= 0.6 is 0 Å². The quantitative estimate of drug-likeness (QED) is 0.640. The number of nitrogens with one attached hydrogen (secondary N) is 2. The molecule has 9 heteroatoms. The van der Waals surface area contributed by atoms with Crippen LogP contribution in [0.15, 0.2) is 36.4 Å². The van der Waals surface area contributed by atoms with Crippen molar-refractivity contribution >= 4 is 23.2 Å². The molecule has 2 N–H and O–H groups in total. The van der Waals surface area contributed by atoms with Crippen molar-refractivity contribution in [1.82, 2.24) is 5.32 Å². The van der Waals surface area contributed by atoms with E-state index in [1.165, 1.54) is 18.2 Å². The maximum atomic E-state index is 13.5. The zero-order valence-electron chi connectivity index (χ0n) is 13.0. The van der Waals surface area contributed by atoms with E-state index in [1.807, 2.05) is 0 Å². The van der Waals surface area contributed by atoms with E-state index in [1.54, 1.807) is 6.92 Å². The fraction of sp³-hybridized carbons (Fsp3) is 0.125. The zero-order chi connectivity index (χ0) is 18.6. The first-order valence-electron chi connectivity index (χ1n) is 7.06. The Morgan fingerprint density at radius 1 is 1.16 bits per heavy atom. The minimum atomic E-state index is -1.05. The fourth-order valence-corrected chi connectivity index (χ4v) is 2.02. The first-order chi connectivity index (χ1) is 11.8. The molecule has 2 aromatic carbocycles. The predicted octanol–water partition coefficient (Wildman–Crippen LogP) is 2.55. The minimum absolute atomic E-state index is 0.157. The summed E-state index contributed by atoms with van der Waals surface area (Å²) in [6, 6.07) is 6.57. The van der Waals surface area contributed by atoms with Crippen molar-refractivity contribution < 1.29 is 23.3 Å². The van der Waals surface area contributed by atoms with Crippen molar-refractivity contribution in [2.24, 2.45) is 0 Å². The lowest BCUT2D eigenvalue weighted by atomic mass is 10.2. The Hall–Kier alpha value is -3.36. The number of benzene rings is 2. The van der Waals surface area contributed by atoms with E-state index in [4.69, 9.17) is 0 Å². The third-order valence-electron chi connectivity index (χ3n) is 3.27. The Morgan fingerprint density at radius 3 is 2.52 bits per heavy atom. The van der Waals surface area contributed by atoms with Crippen LogP contribution in [0.5, 0.6) is 0 Å². The van der Waals surface area contributed by atoms with Crippen molar-refractivity contribution in [3.8, 4) is 0 Å². The third-order valence-corrected chi connectivity index (χ3v) is 3.27. The van der Waals surface area contributed by atoms with Gasteiger partial charge in [0.1, 0.15) is 11.6 Å². The molecule has 0 atom stereocenters. The topological polar surface area (TPSA) is 101 Å². The van der Waals surface area contributed by atoms with E-state index in [9.17, 15) is 28.5 Å². The molecule has 0 aliphatic carbocycles. The molecule has 7 nitrogen and oxygen atoms in total. The van der Waals surface area contributed by atoms with Gasteiger partial charge >= 0.3 is 0 Å². The van der Waals surface area contributed by atoms with E-state index in [0.717, 1.165) is 12.1 Å². The van der Waals surface area contributed by atoms with E-state index >= 15 is 0 Å². The molecule has 130 valence electrons. The second kappa shape index (κ2) is 7.47. The number of carbonyl (C=O) groups is 2. The first kappa shape index (κ1) is 18.0. The van der Waals surface area contributed by atoms with E-state index in [-0.39, 0.29) is 11.4 Å². The molecule has 0 fully saturated rings. The van der Waals surface area contributed by atoms with Crippen LogP contribution in [0, 0.1) is 28.7 Å². The number of carbonyl (C=O) groups excluding carboxylic acids is 2. The smallest absolute Gasteiger partial charge is 0.274 e. The van der Waals surface area contributed by atoms with E-state index < -0.39 is 40.5 Å². The second-order valence-corrected chi connectivity index (χ2v) is 5.11. The Bertz CT molecular complexity index is 855. The molecule has 0 spiro atoms. The number of anilines is 1. The third kappa shape index (κ3) is 4.56. The first-order valence-corrected chi connectivity index (χ1v) is 7.06. The maximum Gasteiger partial charge on any atom is 0.274 e. The predicted molar refractivity (Wildman–Crippen MR) is 85.2 cm³/mol. The number of nitro benzene ring substituents is 1. The van der Waals surface area contributed by atoms with Crippen LogP contribution in [-0.4, -0.2) is 23.3 Å². The molecule has 0 bridgehead atoms. The summed E-state index contributed by atoms with van der Waals surface area (Å²) in [6.45, 7) is 1.07. The summed E-state index contributed by atoms with van der Waals surface area (Å²) in [6.07, 6.45) is 0. The number of hydrogen-bond donors (Lipinski definition) is 2. The van der Waals surface area contributed by atoms with Gasteiger partial charge in [0.2, 0.25) is 5.91 Å². The number of rotatable bonds is 5. The molecular formula is C16H13F2N3O4. The summed E-state index contributed by atoms with van der Waals surface area (Å²) < 4.78 is 26.3. The van der Waals surface area contributed by atoms with Crippen LogP contribution in [0.25, 0.3) is 0 Å². The highest BCUT2D eigenvalue weighted by molar-refractivity contribution is 5.99. The molecule has 0 saturated heterocycles. The van der Waals surface area contributed by atoms with E-state index in [2.05, 4.69) is 10.6 Å². The van der Waals surface area contributed by atoms with Gasteiger partial charge in [0.15, 0.2) is 0 Å². The van der Waals surface area contributed by atoms with Gasteiger partial charge in [-0.15, -0.1) is 0 Å². The van der Waals surface area contributed by atoms with Gasteiger partial charge in [-0.2, -0.15) is 0 Å². The van der Waals surface area contributed by atoms with Gasteiger partial charge in [0.05, 0.1) is 17.0 Å². The molecule has 0 saturated carbocycles. The molecule has 0 radical (unpaired) electrons. The van der Waals surface area contributed by atoms with Crippen molar-refractivity contribution in [2.75, 3.05) is 11.9 Å². The van der Waals surface area contributed by atoms with Crippen LogP contribution in [0.1, 0.15) is 15.9 Å². The number of halogens is 2.